The van der Waals surface area contributed by atoms with Gasteiger partial charge in [0.25, 0.3) is 0 Å². The van der Waals surface area contributed by atoms with Crippen LogP contribution >= 0.6 is 0 Å². The number of halogens is 2. The molecular formula is C28H35F2N7O2. The lowest BCUT2D eigenvalue weighted by Crippen LogP contribution is -2.22. The molecule has 1 saturated carbocycles. The number of methoxy groups -OCH3 is 1. The van der Waals surface area contributed by atoms with E-state index in [1.165, 1.54) is 19.7 Å². The number of ether oxygens (including phenoxy) is 1. The molecule has 5 rings (SSSR count). The molecule has 1 aromatic heterocycles. The largest absolute Gasteiger partial charge is 0.495 e. The quantitative estimate of drug-likeness (QED) is 0.296. The lowest BCUT2D eigenvalue weighted by Gasteiger charge is -2.25. The zero-order valence-electron chi connectivity index (χ0n) is 22.6. The number of anilines is 5. The molecule has 208 valence electrons. The van der Waals surface area contributed by atoms with Crippen molar-refractivity contribution in [2.24, 2.45) is 11.8 Å². The van der Waals surface area contributed by atoms with E-state index in [4.69, 9.17) is 10.5 Å². The normalized spacial score (nSPS) is 22.4. The van der Waals surface area contributed by atoms with Gasteiger partial charge in [-0.25, -0.2) is 18.7 Å². The third kappa shape index (κ3) is 5.33. The van der Waals surface area contributed by atoms with Gasteiger partial charge in [0.2, 0.25) is 11.9 Å². The van der Waals surface area contributed by atoms with E-state index in [-0.39, 0.29) is 29.6 Å². The van der Waals surface area contributed by atoms with Crippen LogP contribution in [0.3, 0.4) is 0 Å². The average Bonchev–Trinajstić information content (AvgIpc) is 3.45. The van der Waals surface area contributed by atoms with E-state index in [0.717, 1.165) is 37.2 Å². The molecule has 2 fully saturated rings. The van der Waals surface area contributed by atoms with Crippen LogP contribution in [0.5, 0.6) is 5.75 Å². The highest BCUT2D eigenvalue weighted by molar-refractivity contribution is 5.71. The molecule has 0 spiro atoms. The van der Waals surface area contributed by atoms with Gasteiger partial charge in [-0.2, -0.15) is 4.98 Å². The summed E-state index contributed by atoms with van der Waals surface area (Å²) in [5, 5.41) is 16.8. The number of benzene rings is 2. The van der Waals surface area contributed by atoms with Crippen LogP contribution in [0.2, 0.25) is 0 Å². The smallest absolute Gasteiger partial charge is 0.232 e. The standard InChI is InChI=1S/C28H35F2N7O2/c1-5-28(2,38)19-9-20(29)21(30)10-23(19)34-26-32-14-33-27(36-26)35-24-11-22(31)17(8-25(24)39-4)16-7-6-15-12-37(3)13-18(15)16/h8-11,14-16,18,38H,5-7,12-13,31H2,1-4H3,(H2,32,33,34,35,36)/t15-,16?,18+,28?/m0/s1. The van der Waals surface area contributed by atoms with E-state index in [0.29, 0.717) is 34.9 Å². The monoisotopic (exact) mass is 539 g/mol. The highest BCUT2D eigenvalue weighted by Gasteiger charge is 2.42. The van der Waals surface area contributed by atoms with E-state index in [2.05, 4.69) is 37.5 Å². The van der Waals surface area contributed by atoms with Crippen LogP contribution in [0.4, 0.5) is 37.7 Å². The summed E-state index contributed by atoms with van der Waals surface area (Å²) in [6, 6.07) is 5.80. The molecule has 1 saturated heterocycles. The predicted molar refractivity (Wildman–Crippen MR) is 146 cm³/mol. The number of hydrogen-bond donors (Lipinski definition) is 4. The lowest BCUT2D eigenvalue weighted by atomic mass is 9.85. The summed E-state index contributed by atoms with van der Waals surface area (Å²) in [5.41, 5.74) is 7.88. The van der Waals surface area contributed by atoms with Crippen LogP contribution in [-0.2, 0) is 5.60 Å². The molecule has 39 heavy (non-hydrogen) atoms. The summed E-state index contributed by atoms with van der Waals surface area (Å²) in [6.45, 7) is 5.49. The second-order valence-corrected chi connectivity index (χ2v) is 10.8. The SMILES string of the molecule is CCC(C)(O)c1cc(F)c(F)cc1Nc1ncnc(Nc2cc(N)c(C3CC[C@H]4CN(C)C[C@@H]34)cc2OC)n1. The van der Waals surface area contributed by atoms with E-state index < -0.39 is 17.2 Å². The molecule has 1 aliphatic heterocycles. The number of rotatable bonds is 8. The van der Waals surface area contributed by atoms with Crippen LogP contribution < -0.4 is 21.1 Å². The molecule has 0 radical (unpaired) electrons. The van der Waals surface area contributed by atoms with Gasteiger partial charge in [0.15, 0.2) is 11.6 Å². The van der Waals surface area contributed by atoms with Gasteiger partial charge in [-0.15, -0.1) is 0 Å². The number of likely N-dealkylation sites (tertiary alicyclic amines) is 1. The third-order valence-corrected chi connectivity index (χ3v) is 8.24. The third-order valence-electron chi connectivity index (χ3n) is 8.24. The summed E-state index contributed by atoms with van der Waals surface area (Å²) in [5.74, 6) is 0.470. The molecule has 1 aliphatic carbocycles. The predicted octanol–water partition coefficient (Wildman–Crippen LogP) is 4.90. The van der Waals surface area contributed by atoms with Crippen molar-refractivity contribution in [2.75, 3.05) is 43.6 Å². The second kappa shape index (κ2) is 10.5. The van der Waals surface area contributed by atoms with Crippen molar-refractivity contribution in [2.45, 2.75) is 44.6 Å². The van der Waals surface area contributed by atoms with Gasteiger partial charge in [-0.3, -0.25) is 0 Å². The maximum atomic E-state index is 14.1. The van der Waals surface area contributed by atoms with Gasteiger partial charge < -0.3 is 31.1 Å². The summed E-state index contributed by atoms with van der Waals surface area (Å²) in [6.07, 6.45) is 3.89. The highest BCUT2D eigenvalue weighted by atomic mass is 19.2. The Morgan fingerprint density at radius 3 is 2.46 bits per heavy atom. The first-order valence-corrected chi connectivity index (χ1v) is 13.2. The molecular weight excluding hydrogens is 504 g/mol. The first-order valence-electron chi connectivity index (χ1n) is 13.2. The zero-order valence-corrected chi connectivity index (χ0v) is 22.6. The molecule has 0 amide bonds. The number of nitrogens with one attached hydrogen (secondary N) is 2. The minimum atomic E-state index is -1.40. The Labute approximate surface area is 226 Å². The summed E-state index contributed by atoms with van der Waals surface area (Å²) in [4.78, 5) is 15.1. The second-order valence-electron chi connectivity index (χ2n) is 10.8. The Morgan fingerprint density at radius 1 is 1.08 bits per heavy atom. The molecule has 2 aliphatic rings. The molecule has 2 heterocycles. The van der Waals surface area contributed by atoms with Gasteiger partial charge >= 0.3 is 0 Å². The molecule has 4 atom stereocenters. The number of nitrogens with two attached hydrogens (primary N) is 1. The molecule has 2 unspecified atom stereocenters. The number of aromatic nitrogens is 3. The molecule has 0 bridgehead atoms. The minimum Gasteiger partial charge on any atom is -0.495 e. The van der Waals surface area contributed by atoms with Crippen molar-refractivity contribution in [3.63, 3.8) is 0 Å². The molecule has 11 heteroatoms. The first kappa shape index (κ1) is 27.0. The van der Waals surface area contributed by atoms with Crippen LogP contribution in [-0.4, -0.2) is 52.2 Å². The Kier molecular flexibility index (Phi) is 7.30. The molecule has 2 aromatic carbocycles. The average molecular weight is 540 g/mol. The van der Waals surface area contributed by atoms with Crippen LogP contribution in [0, 0.1) is 23.5 Å². The fourth-order valence-corrected chi connectivity index (χ4v) is 6.02. The van der Waals surface area contributed by atoms with Crippen LogP contribution in [0.25, 0.3) is 0 Å². The van der Waals surface area contributed by atoms with E-state index in [1.807, 2.05) is 12.1 Å². The van der Waals surface area contributed by atoms with Gasteiger partial charge in [0.05, 0.1) is 24.1 Å². The van der Waals surface area contributed by atoms with Crippen LogP contribution in [0.1, 0.15) is 50.2 Å². The van der Waals surface area contributed by atoms with E-state index >= 15 is 0 Å². The minimum absolute atomic E-state index is 0.0811. The van der Waals surface area contributed by atoms with E-state index in [9.17, 15) is 13.9 Å². The van der Waals surface area contributed by atoms with E-state index in [1.54, 1.807) is 14.0 Å². The summed E-state index contributed by atoms with van der Waals surface area (Å²) in [7, 11) is 3.77. The summed E-state index contributed by atoms with van der Waals surface area (Å²) >= 11 is 0. The number of nitrogen functional groups attached to an aromatic ring is 1. The van der Waals surface area contributed by atoms with Crippen molar-refractivity contribution in [1.82, 2.24) is 19.9 Å². The Bertz CT molecular complexity index is 1370. The van der Waals surface area contributed by atoms with Gasteiger partial charge in [0.1, 0.15) is 12.1 Å². The van der Waals surface area contributed by atoms with Crippen molar-refractivity contribution >= 4 is 29.0 Å². The van der Waals surface area contributed by atoms with Crippen molar-refractivity contribution in [3.05, 3.63) is 53.4 Å². The van der Waals surface area contributed by atoms with Gasteiger partial charge in [-0.1, -0.05) is 6.92 Å². The molecule has 3 aromatic rings. The molecule has 9 nitrogen and oxygen atoms in total. The fraction of sp³-hybridized carbons (Fsp3) is 0.464. The number of aliphatic hydroxyl groups is 1. The first-order chi connectivity index (χ1) is 18.6. The van der Waals surface area contributed by atoms with Crippen molar-refractivity contribution < 1.29 is 18.6 Å². The van der Waals surface area contributed by atoms with Crippen molar-refractivity contribution in [3.8, 4) is 5.75 Å². The Hall–Kier alpha value is -3.57. The fourth-order valence-electron chi connectivity index (χ4n) is 6.02. The zero-order chi connectivity index (χ0) is 27.9. The topological polar surface area (TPSA) is 121 Å². The summed E-state index contributed by atoms with van der Waals surface area (Å²) < 4.78 is 33.8. The van der Waals surface area contributed by atoms with Crippen molar-refractivity contribution in [1.29, 1.82) is 0 Å². The molecule has 5 N–H and O–H groups in total. The van der Waals surface area contributed by atoms with Gasteiger partial charge in [-0.05, 0) is 74.8 Å². The Morgan fingerprint density at radius 2 is 1.77 bits per heavy atom. The lowest BCUT2D eigenvalue weighted by molar-refractivity contribution is 0.0534. The maximum absolute atomic E-state index is 14.1. The highest BCUT2D eigenvalue weighted by Crippen LogP contribution is 2.50. The maximum Gasteiger partial charge on any atom is 0.232 e. The number of hydrogen-bond acceptors (Lipinski definition) is 9. The Balaban J connectivity index is 1.40. The number of nitrogens with zero attached hydrogens (tertiary/aromatic N) is 4. The number of fused-ring (bicyclic) bond motifs is 1. The van der Waals surface area contributed by atoms with Crippen LogP contribution in [0.15, 0.2) is 30.6 Å². The van der Waals surface area contributed by atoms with Gasteiger partial charge in [0, 0.05) is 30.4 Å².